The van der Waals surface area contributed by atoms with Crippen molar-refractivity contribution >= 4 is 49.3 Å². The molecule has 6 nitrogen and oxygen atoms in total. The number of anilines is 2. The Bertz CT molecular complexity index is 872. The van der Waals surface area contributed by atoms with Gasteiger partial charge in [0.15, 0.2) is 4.67 Å². The lowest BCUT2D eigenvalue weighted by molar-refractivity contribution is -0.111. The van der Waals surface area contributed by atoms with Crippen molar-refractivity contribution in [2.75, 3.05) is 21.9 Å². The first-order chi connectivity index (χ1) is 11.4. The van der Waals surface area contributed by atoms with E-state index in [1.807, 2.05) is 0 Å². The largest absolute Gasteiger partial charge is 0.450 e. The van der Waals surface area contributed by atoms with Gasteiger partial charge >= 0.3 is 0 Å². The van der Waals surface area contributed by atoms with E-state index in [4.69, 9.17) is 4.42 Å². The molecule has 1 saturated heterocycles. The van der Waals surface area contributed by atoms with Crippen LogP contribution < -0.4 is 9.62 Å². The first kappa shape index (κ1) is 16.8. The SMILES string of the molecule is O=C(C=Cc1ccc(Br)o1)Nc1ccc(N2CCCS2(=O)=O)cc1. The average molecular weight is 411 g/mol. The molecule has 0 atom stereocenters. The van der Waals surface area contributed by atoms with Crippen LogP contribution in [0.25, 0.3) is 6.08 Å². The van der Waals surface area contributed by atoms with Crippen molar-refractivity contribution in [1.29, 1.82) is 0 Å². The van der Waals surface area contributed by atoms with Crippen LogP contribution in [-0.2, 0) is 14.8 Å². The number of carbonyl (C=O) groups excluding carboxylic acids is 1. The molecule has 8 heteroatoms. The van der Waals surface area contributed by atoms with Crippen molar-refractivity contribution < 1.29 is 17.6 Å². The molecule has 0 radical (unpaired) electrons. The number of amides is 1. The van der Waals surface area contributed by atoms with E-state index in [1.165, 1.54) is 10.4 Å². The van der Waals surface area contributed by atoms with Crippen LogP contribution in [0, 0.1) is 0 Å². The van der Waals surface area contributed by atoms with E-state index in [2.05, 4.69) is 21.2 Å². The molecular weight excluding hydrogens is 396 g/mol. The molecule has 0 saturated carbocycles. The van der Waals surface area contributed by atoms with Crippen molar-refractivity contribution in [3.8, 4) is 0 Å². The molecule has 3 rings (SSSR count). The zero-order valence-corrected chi connectivity index (χ0v) is 15.0. The lowest BCUT2D eigenvalue weighted by atomic mass is 10.2. The van der Waals surface area contributed by atoms with E-state index in [1.54, 1.807) is 42.5 Å². The number of hydrogen-bond acceptors (Lipinski definition) is 4. The molecule has 1 aliphatic heterocycles. The minimum atomic E-state index is -3.19. The number of furan rings is 1. The summed E-state index contributed by atoms with van der Waals surface area (Å²) in [4.78, 5) is 11.9. The van der Waals surface area contributed by atoms with Crippen LogP contribution in [0.5, 0.6) is 0 Å². The minimum Gasteiger partial charge on any atom is -0.450 e. The van der Waals surface area contributed by atoms with Gasteiger partial charge in [0.2, 0.25) is 15.9 Å². The summed E-state index contributed by atoms with van der Waals surface area (Å²) in [6, 6.07) is 10.2. The van der Waals surface area contributed by atoms with Crippen LogP contribution >= 0.6 is 15.9 Å². The maximum absolute atomic E-state index is 11.9. The summed E-state index contributed by atoms with van der Waals surface area (Å²) in [6.07, 6.45) is 3.56. The third-order valence-corrected chi connectivity index (χ3v) is 5.81. The monoisotopic (exact) mass is 410 g/mol. The summed E-state index contributed by atoms with van der Waals surface area (Å²) in [6.45, 7) is 0.496. The molecule has 1 amide bonds. The number of carbonyl (C=O) groups is 1. The summed E-state index contributed by atoms with van der Waals surface area (Å²) in [7, 11) is -3.19. The Labute approximate surface area is 148 Å². The van der Waals surface area contributed by atoms with Gasteiger partial charge in [-0.2, -0.15) is 0 Å². The highest BCUT2D eigenvalue weighted by molar-refractivity contribution is 9.10. The quantitative estimate of drug-likeness (QED) is 0.784. The van der Waals surface area contributed by atoms with Crippen molar-refractivity contribution in [2.45, 2.75) is 6.42 Å². The molecule has 0 bridgehead atoms. The third-order valence-electron chi connectivity index (χ3n) is 3.52. The van der Waals surface area contributed by atoms with Crippen LogP contribution in [0.2, 0.25) is 0 Å². The van der Waals surface area contributed by atoms with Gasteiger partial charge in [-0.3, -0.25) is 9.10 Å². The molecule has 0 unspecified atom stereocenters. The van der Waals surface area contributed by atoms with Crippen LogP contribution in [0.3, 0.4) is 0 Å². The Morgan fingerprint density at radius 1 is 1.21 bits per heavy atom. The highest BCUT2D eigenvalue weighted by Crippen LogP contribution is 2.25. The van der Waals surface area contributed by atoms with Crippen LogP contribution in [-0.4, -0.2) is 26.6 Å². The van der Waals surface area contributed by atoms with Gasteiger partial charge in [-0.05, 0) is 64.8 Å². The van der Waals surface area contributed by atoms with Gasteiger partial charge in [0.1, 0.15) is 5.76 Å². The third kappa shape index (κ3) is 3.88. The topological polar surface area (TPSA) is 79.6 Å². The highest BCUT2D eigenvalue weighted by atomic mass is 79.9. The summed E-state index contributed by atoms with van der Waals surface area (Å²) in [5.74, 6) is 0.440. The van der Waals surface area contributed by atoms with E-state index in [-0.39, 0.29) is 11.7 Å². The summed E-state index contributed by atoms with van der Waals surface area (Å²) in [5.41, 5.74) is 1.20. The van der Waals surface area contributed by atoms with Crippen molar-refractivity contribution in [2.24, 2.45) is 0 Å². The molecule has 1 N–H and O–H groups in total. The Hall–Kier alpha value is -2.06. The second-order valence-electron chi connectivity index (χ2n) is 5.25. The number of nitrogens with zero attached hydrogens (tertiary/aromatic N) is 1. The predicted molar refractivity (Wildman–Crippen MR) is 96.3 cm³/mol. The van der Waals surface area contributed by atoms with E-state index >= 15 is 0 Å². The number of sulfonamides is 1. The van der Waals surface area contributed by atoms with E-state index in [9.17, 15) is 13.2 Å². The van der Waals surface area contributed by atoms with Crippen LogP contribution in [0.15, 0.2) is 51.6 Å². The maximum atomic E-state index is 11.9. The molecule has 1 aromatic heterocycles. The zero-order chi connectivity index (χ0) is 17.2. The Balaban J connectivity index is 1.64. The predicted octanol–water partition coefficient (Wildman–Crippen LogP) is 3.23. The molecule has 1 aliphatic rings. The molecular formula is C16H15BrN2O4S. The normalized spacial score (nSPS) is 16.6. The Morgan fingerprint density at radius 2 is 1.96 bits per heavy atom. The molecule has 2 heterocycles. The Kier molecular flexibility index (Phi) is 4.77. The summed E-state index contributed by atoms with van der Waals surface area (Å²) >= 11 is 3.19. The lowest BCUT2D eigenvalue weighted by Gasteiger charge is -2.17. The second kappa shape index (κ2) is 6.82. The smallest absolute Gasteiger partial charge is 0.248 e. The molecule has 1 aromatic carbocycles. The van der Waals surface area contributed by atoms with Crippen molar-refractivity contribution in [1.82, 2.24) is 0 Å². The standard InChI is InChI=1S/C16H15BrN2O4S/c17-15-8-6-14(23-15)7-9-16(20)18-12-2-4-13(5-3-12)19-10-1-11-24(19,21)22/h2-9H,1,10-11H2,(H,18,20). The van der Waals surface area contributed by atoms with Crippen molar-refractivity contribution in [3.63, 3.8) is 0 Å². The van der Waals surface area contributed by atoms with E-state index in [0.29, 0.717) is 34.8 Å². The van der Waals surface area contributed by atoms with Gasteiger partial charge < -0.3 is 9.73 Å². The van der Waals surface area contributed by atoms with E-state index in [0.717, 1.165) is 0 Å². The van der Waals surface area contributed by atoms with Gasteiger partial charge in [0.25, 0.3) is 0 Å². The summed E-state index contributed by atoms with van der Waals surface area (Å²) < 4.78 is 31.0. The minimum absolute atomic E-state index is 0.180. The molecule has 0 aliphatic carbocycles. The fourth-order valence-electron chi connectivity index (χ4n) is 2.40. The fourth-order valence-corrected chi connectivity index (χ4v) is 4.28. The van der Waals surface area contributed by atoms with Crippen LogP contribution in [0.1, 0.15) is 12.2 Å². The molecule has 24 heavy (non-hydrogen) atoms. The number of hydrogen-bond donors (Lipinski definition) is 1. The fraction of sp³-hybridized carbons (Fsp3) is 0.188. The Morgan fingerprint density at radius 3 is 2.54 bits per heavy atom. The van der Waals surface area contributed by atoms with Crippen molar-refractivity contribution in [3.05, 3.63) is 52.9 Å². The van der Waals surface area contributed by atoms with Gasteiger partial charge in [-0.1, -0.05) is 0 Å². The number of rotatable bonds is 4. The first-order valence-electron chi connectivity index (χ1n) is 7.29. The number of halogens is 1. The van der Waals surface area contributed by atoms with Gasteiger partial charge in [0, 0.05) is 18.3 Å². The molecule has 1 fully saturated rings. The van der Waals surface area contributed by atoms with Gasteiger partial charge in [0.05, 0.1) is 11.4 Å². The molecule has 126 valence electrons. The van der Waals surface area contributed by atoms with Gasteiger partial charge in [-0.15, -0.1) is 0 Å². The maximum Gasteiger partial charge on any atom is 0.248 e. The lowest BCUT2D eigenvalue weighted by Crippen LogP contribution is -2.24. The average Bonchev–Trinajstić information content (AvgIpc) is 3.11. The zero-order valence-electron chi connectivity index (χ0n) is 12.6. The van der Waals surface area contributed by atoms with Crippen LogP contribution in [0.4, 0.5) is 11.4 Å². The second-order valence-corrected chi connectivity index (χ2v) is 8.05. The first-order valence-corrected chi connectivity index (χ1v) is 9.69. The number of nitrogens with one attached hydrogen (secondary N) is 1. The summed E-state index contributed by atoms with van der Waals surface area (Å²) in [5, 5.41) is 2.71. The number of benzene rings is 1. The highest BCUT2D eigenvalue weighted by Gasteiger charge is 2.28. The molecule has 2 aromatic rings. The van der Waals surface area contributed by atoms with Gasteiger partial charge in [-0.25, -0.2) is 8.42 Å². The molecule has 0 spiro atoms. The van der Waals surface area contributed by atoms with E-state index < -0.39 is 10.0 Å².